The van der Waals surface area contributed by atoms with Crippen LogP contribution in [0, 0.1) is 5.92 Å². The molecule has 2 rings (SSSR count). The number of aromatic nitrogens is 1. The number of H-pyrrole nitrogens is 1. The monoisotopic (exact) mass is 518 g/mol. The number of benzene rings is 1. The van der Waals surface area contributed by atoms with Crippen molar-refractivity contribution in [3.8, 4) is 0 Å². The van der Waals surface area contributed by atoms with E-state index in [1.807, 2.05) is 24.3 Å². The molecule has 1 heterocycles. The summed E-state index contributed by atoms with van der Waals surface area (Å²) in [4.78, 5) is 64.2. The molecule has 3 amide bonds. The molecule has 4 unspecified atom stereocenters. The van der Waals surface area contributed by atoms with Crippen LogP contribution in [-0.4, -0.2) is 73.7 Å². The second-order valence-electron chi connectivity index (χ2n) is 9.97. The van der Waals surface area contributed by atoms with Gasteiger partial charge in [-0.15, -0.1) is 0 Å². The van der Waals surface area contributed by atoms with Crippen molar-refractivity contribution < 1.29 is 39.3 Å². The van der Waals surface area contributed by atoms with Gasteiger partial charge in [0.2, 0.25) is 17.7 Å². The van der Waals surface area contributed by atoms with Crippen molar-refractivity contribution in [3.05, 3.63) is 36.0 Å². The predicted octanol–water partition coefficient (Wildman–Crippen LogP) is 0.541. The zero-order valence-electron chi connectivity index (χ0n) is 21.2. The fourth-order valence-corrected chi connectivity index (χ4v) is 3.71. The summed E-state index contributed by atoms with van der Waals surface area (Å²) in [6.45, 7) is 6.53. The van der Waals surface area contributed by atoms with Crippen LogP contribution in [0.1, 0.15) is 46.1 Å². The third kappa shape index (κ3) is 8.60. The summed E-state index contributed by atoms with van der Waals surface area (Å²) in [6, 6.07) is 4.28. The van der Waals surface area contributed by atoms with Crippen LogP contribution in [0.4, 0.5) is 0 Å². The van der Waals surface area contributed by atoms with E-state index in [1.54, 1.807) is 33.9 Å². The lowest BCUT2D eigenvalue weighted by molar-refractivity contribution is -0.152. The van der Waals surface area contributed by atoms with Gasteiger partial charge in [-0.05, 0) is 45.2 Å². The number of aliphatic carboxylic acids is 2. The predicted molar refractivity (Wildman–Crippen MR) is 133 cm³/mol. The van der Waals surface area contributed by atoms with Crippen molar-refractivity contribution in [1.29, 1.82) is 0 Å². The van der Waals surface area contributed by atoms with Crippen molar-refractivity contribution in [2.75, 3.05) is 0 Å². The Kier molecular flexibility index (Phi) is 9.78. The summed E-state index contributed by atoms with van der Waals surface area (Å²) in [6.07, 6.45) is -0.950. The number of nitrogens with one attached hydrogen (secondary N) is 4. The molecule has 0 aliphatic carbocycles. The Morgan fingerprint density at radius 2 is 1.62 bits per heavy atom. The smallest absolute Gasteiger partial charge is 0.335 e. The van der Waals surface area contributed by atoms with Crippen molar-refractivity contribution in [1.82, 2.24) is 20.9 Å². The normalized spacial score (nSPS) is 14.7. The second kappa shape index (κ2) is 12.3. The number of amides is 3. The summed E-state index contributed by atoms with van der Waals surface area (Å²) >= 11 is 0. The van der Waals surface area contributed by atoms with Gasteiger partial charge in [0.05, 0.1) is 0 Å². The molecule has 0 bridgehead atoms. The van der Waals surface area contributed by atoms with E-state index >= 15 is 0 Å². The molecule has 1 aromatic carbocycles. The number of aromatic amines is 1. The molecule has 0 fully saturated rings. The van der Waals surface area contributed by atoms with E-state index in [2.05, 4.69) is 20.9 Å². The lowest BCUT2D eigenvalue weighted by Crippen LogP contribution is -2.61. The number of aliphatic hydroxyl groups excluding tert-OH is 1. The quantitative estimate of drug-likeness (QED) is 0.211. The second-order valence-corrected chi connectivity index (χ2v) is 9.97. The molecule has 0 aliphatic rings. The highest BCUT2D eigenvalue weighted by atomic mass is 16.4. The summed E-state index contributed by atoms with van der Waals surface area (Å²) in [5.74, 6) is -6.05. The summed E-state index contributed by atoms with van der Waals surface area (Å²) < 4.78 is 0. The van der Waals surface area contributed by atoms with Crippen LogP contribution in [0.15, 0.2) is 30.5 Å². The van der Waals surface area contributed by atoms with Gasteiger partial charge < -0.3 is 36.3 Å². The third-order valence-electron chi connectivity index (χ3n) is 5.58. The maximum absolute atomic E-state index is 13.0. The minimum atomic E-state index is -2.28. The molecule has 12 heteroatoms. The SMILES string of the molecule is CC(Cc1c[nH]c2ccccc12)C(=O)NC(CCC(=O)O)C(=O)NC(C(=O)NC(C)(C)C)C(O)C(=O)O. The summed E-state index contributed by atoms with van der Waals surface area (Å²) in [5, 5.41) is 36.4. The first-order valence-corrected chi connectivity index (χ1v) is 11.8. The number of para-hydroxylation sites is 1. The molecular formula is C25H34N4O8. The highest BCUT2D eigenvalue weighted by Gasteiger charge is 2.37. The molecule has 0 radical (unpaired) electrons. The van der Waals surface area contributed by atoms with Gasteiger partial charge in [-0.1, -0.05) is 25.1 Å². The van der Waals surface area contributed by atoms with E-state index in [0.29, 0.717) is 6.42 Å². The number of hydrogen-bond donors (Lipinski definition) is 7. The van der Waals surface area contributed by atoms with Crippen LogP contribution >= 0.6 is 0 Å². The average molecular weight is 519 g/mol. The first kappa shape index (κ1) is 29.3. The van der Waals surface area contributed by atoms with E-state index in [-0.39, 0.29) is 6.42 Å². The van der Waals surface area contributed by atoms with Gasteiger partial charge in [0.25, 0.3) is 0 Å². The Labute approximate surface area is 213 Å². The molecule has 202 valence electrons. The number of carbonyl (C=O) groups is 5. The molecule has 37 heavy (non-hydrogen) atoms. The lowest BCUT2D eigenvalue weighted by atomic mass is 9.99. The number of aliphatic hydroxyl groups is 1. The van der Waals surface area contributed by atoms with Crippen LogP contribution in [0.3, 0.4) is 0 Å². The van der Waals surface area contributed by atoms with Gasteiger partial charge in [-0.25, -0.2) is 4.79 Å². The maximum Gasteiger partial charge on any atom is 0.335 e. The zero-order valence-corrected chi connectivity index (χ0v) is 21.2. The number of fused-ring (bicyclic) bond motifs is 1. The summed E-state index contributed by atoms with van der Waals surface area (Å²) in [5.41, 5.74) is 0.987. The van der Waals surface area contributed by atoms with Gasteiger partial charge in [-0.3, -0.25) is 19.2 Å². The molecule has 7 N–H and O–H groups in total. The van der Waals surface area contributed by atoms with Crippen molar-refractivity contribution in [3.63, 3.8) is 0 Å². The highest BCUT2D eigenvalue weighted by Crippen LogP contribution is 2.21. The van der Waals surface area contributed by atoms with Crippen molar-refractivity contribution >= 4 is 40.6 Å². The van der Waals surface area contributed by atoms with Gasteiger partial charge in [0.1, 0.15) is 12.1 Å². The largest absolute Gasteiger partial charge is 0.481 e. The van der Waals surface area contributed by atoms with Crippen LogP contribution in [0.5, 0.6) is 0 Å². The molecular weight excluding hydrogens is 484 g/mol. The first-order chi connectivity index (χ1) is 17.2. The number of carboxylic acid groups (broad SMARTS) is 2. The minimum absolute atomic E-state index is 0.316. The fraction of sp³-hybridized carbons (Fsp3) is 0.480. The number of rotatable bonds is 12. The molecule has 4 atom stereocenters. The molecule has 0 saturated heterocycles. The molecule has 0 spiro atoms. The maximum atomic E-state index is 13.0. The lowest BCUT2D eigenvalue weighted by Gasteiger charge is -2.28. The molecule has 1 aromatic heterocycles. The zero-order chi connectivity index (χ0) is 27.9. The topological polar surface area (TPSA) is 198 Å². The van der Waals surface area contributed by atoms with Crippen LogP contribution < -0.4 is 16.0 Å². The van der Waals surface area contributed by atoms with E-state index in [0.717, 1.165) is 16.5 Å². The van der Waals surface area contributed by atoms with Gasteiger partial charge in [0.15, 0.2) is 6.10 Å². The average Bonchev–Trinajstić information content (AvgIpc) is 3.20. The van der Waals surface area contributed by atoms with E-state index in [9.17, 15) is 34.2 Å². The van der Waals surface area contributed by atoms with Gasteiger partial charge in [0, 0.05) is 35.0 Å². The first-order valence-electron chi connectivity index (χ1n) is 11.8. The third-order valence-corrected chi connectivity index (χ3v) is 5.58. The molecule has 12 nitrogen and oxygen atoms in total. The molecule has 0 saturated carbocycles. The number of hydrogen-bond acceptors (Lipinski definition) is 6. The molecule has 2 aromatic rings. The van der Waals surface area contributed by atoms with E-state index in [4.69, 9.17) is 5.11 Å². The van der Waals surface area contributed by atoms with Crippen molar-refractivity contribution in [2.45, 2.75) is 70.7 Å². The van der Waals surface area contributed by atoms with E-state index < -0.39 is 65.7 Å². The van der Waals surface area contributed by atoms with Crippen LogP contribution in [0.2, 0.25) is 0 Å². The van der Waals surface area contributed by atoms with Gasteiger partial charge >= 0.3 is 11.9 Å². The Bertz CT molecular complexity index is 1150. The van der Waals surface area contributed by atoms with Crippen molar-refractivity contribution in [2.24, 2.45) is 5.92 Å². The standard InChI is InChI=1S/C25H34N4O8/c1-13(11-14-12-26-16-8-6-5-7-15(14)16)21(33)27-17(9-10-18(30)31)22(34)28-19(20(32)24(36)37)23(35)29-25(2,3)4/h5-8,12-13,17,19-20,26,32H,9-11H2,1-4H3,(H,27,33)(H,28,34)(H,29,35)(H,30,31)(H,36,37). The number of carboxylic acids is 2. The highest BCUT2D eigenvalue weighted by molar-refractivity contribution is 5.95. The summed E-state index contributed by atoms with van der Waals surface area (Å²) in [7, 11) is 0. The van der Waals surface area contributed by atoms with Gasteiger partial charge in [-0.2, -0.15) is 0 Å². The molecule has 0 aliphatic heterocycles. The minimum Gasteiger partial charge on any atom is -0.481 e. The Morgan fingerprint density at radius 3 is 2.22 bits per heavy atom. The Hall–Kier alpha value is -3.93. The Morgan fingerprint density at radius 1 is 0.973 bits per heavy atom. The Balaban J connectivity index is 2.18. The van der Waals surface area contributed by atoms with Crippen LogP contribution in [0.25, 0.3) is 10.9 Å². The number of carbonyl (C=O) groups excluding carboxylic acids is 3. The fourth-order valence-electron chi connectivity index (χ4n) is 3.71. The van der Waals surface area contributed by atoms with E-state index in [1.165, 1.54) is 0 Å². The van der Waals surface area contributed by atoms with Crippen LogP contribution in [-0.2, 0) is 30.4 Å².